The van der Waals surface area contributed by atoms with Gasteiger partial charge in [-0.25, -0.2) is 0 Å². The molecule has 0 fully saturated rings. The van der Waals surface area contributed by atoms with Gasteiger partial charge in [-0.05, 0) is 29.7 Å². The molecule has 0 heterocycles. The molecule has 1 heteroatoms. The van der Waals surface area contributed by atoms with Gasteiger partial charge in [-0.3, -0.25) is 0 Å². The van der Waals surface area contributed by atoms with Crippen molar-refractivity contribution in [3.63, 3.8) is 0 Å². The van der Waals surface area contributed by atoms with E-state index in [4.69, 9.17) is 0 Å². The van der Waals surface area contributed by atoms with Crippen molar-refractivity contribution in [2.75, 3.05) is 6.54 Å². The highest BCUT2D eigenvalue weighted by Gasteiger charge is 2.39. The molecular formula is C38H55N. The smallest absolute Gasteiger partial charge is 0.0757 e. The molecule has 0 amide bonds. The molecule has 1 atom stereocenters. The van der Waals surface area contributed by atoms with Gasteiger partial charge in [0.2, 0.25) is 0 Å². The van der Waals surface area contributed by atoms with Crippen LogP contribution in [0.2, 0.25) is 0 Å². The van der Waals surface area contributed by atoms with Gasteiger partial charge in [-0.15, -0.1) is 0 Å². The minimum Gasteiger partial charge on any atom is -0.303 e. The molecule has 3 rings (SSSR count). The zero-order valence-electron chi connectivity index (χ0n) is 25.1. The highest BCUT2D eigenvalue weighted by atomic mass is 15.0. The van der Waals surface area contributed by atoms with Crippen molar-refractivity contribution >= 4 is 0 Å². The van der Waals surface area contributed by atoms with Crippen molar-refractivity contribution in [2.45, 2.75) is 122 Å². The van der Waals surface area contributed by atoms with E-state index in [0.717, 1.165) is 6.54 Å². The van der Waals surface area contributed by atoms with Crippen LogP contribution in [-0.2, 0) is 5.54 Å². The number of hydrogen-bond donors (Lipinski definition) is 1. The first-order valence-corrected chi connectivity index (χ1v) is 16.2. The molecule has 0 aromatic heterocycles. The summed E-state index contributed by atoms with van der Waals surface area (Å²) in [5.74, 6) is 0.292. The number of benzene rings is 3. The zero-order chi connectivity index (χ0) is 27.4. The zero-order valence-corrected chi connectivity index (χ0v) is 25.1. The molecule has 0 bridgehead atoms. The predicted octanol–water partition coefficient (Wildman–Crippen LogP) is 11.2. The van der Waals surface area contributed by atoms with Crippen LogP contribution in [0.15, 0.2) is 91.0 Å². The second-order valence-corrected chi connectivity index (χ2v) is 11.5. The summed E-state index contributed by atoms with van der Waals surface area (Å²) in [5.41, 5.74) is 3.79. The third-order valence-corrected chi connectivity index (χ3v) is 8.59. The second-order valence-electron chi connectivity index (χ2n) is 11.5. The lowest BCUT2D eigenvalue weighted by atomic mass is 9.71. The maximum atomic E-state index is 4.11. The molecule has 0 aliphatic heterocycles. The largest absolute Gasteiger partial charge is 0.303 e. The van der Waals surface area contributed by atoms with Crippen LogP contribution < -0.4 is 5.32 Å². The fourth-order valence-corrected chi connectivity index (χ4v) is 6.20. The van der Waals surface area contributed by atoms with Crippen LogP contribution in [0, 0.1) is 0 Å². The van der Waals surface area contributed by atoms with Crippen molar-refractivity contribution in [1.82, 2.24) is 5.32 Å². The molecular weight excluding hydrogens is 470 g/mol. The molecule has 1 N–H and O–H groups in total. The number of rotatable bonds is 21. The van der Waals surface area contributed by atoms with E-state index < -0.39 is 0 Å². The van der Waals surface area contributed by atoms with E-state index in [-0.39, 0.29) is 5.54 Å². The summed E-state index contributed by atoms with van der Waals surface area (Å²) in [7, 11) is 0. The average Bonchev–Trinajstić information content (AvgIpc) is 3.00. The van der Waals surface area contributed by atoms with Crippen LogP contribution in [0.4, 0.5) is 0 Å². The van der Waals surface area contributed by atoms with Gasteiger partial charge in [-0.2, -0.15) is 0 Å². The van der Waals surface area contributed by atoms with Gasteiger partial charge >= 0.3 is 0 Å². The lowest BCUT2D eigenvalue weighted by Gasteiger charge is -2.42. The maximum absolute atomic E-state index is 4.11. The summed E-state index contributed by atoms with van der Waals surface area (Å²) in [6, 6.07) is 33.2. The van der Waals surface area contributed by atoms with E-state index in [1.165, 1.54) is 113 Å². The van der Waals surface area contributed by atoms with Crippen molar-refractivity contribution in [3.8, 4) is 0 Å². The monoisotopic (exact) mass is 525 g/mol. The Morgan fingerprint density at radius 3 is 1.26 bits per heavy atom. The molecule has 1 nitrogen and oxygen atoms in total. The van der Waals surface area contributed by atoms with Crippen molar-refractivity contribution < 1.29 is 0 Å². The third-order valence-electron chi connectivity index (χ3n) is 8.59. The Morgan fingerprint density at radius 2 is 0.846 bits per heavy atom. The molecule has 1 unspecified atom stereocenters. The molecule has 212 valence electrons. The van der Waals surface area contributed by atoms with E-state index in [2.05, 4.69) is 110 Å². The van der Waals surface area contributed by atoms with E-state index >= 15 is 0 Å². The summed E-state index contributed by atoms with van der Waals surface area (Å²) in [5, 5.41) is 4.11. The van der Waals surface area contributed by atoms with Crippen molar-refractivity contribution in [1.29, 1.82) is 0 Å². The quantitative estimate of drug-likeness (QED) is 0.136. The first kappa shape index (κ1) is 31.2. The molecule has 0 aliphatic carbocycles. The van der Waals surface area contributed by atoms with Gasteiger partial charge in [0.15, 0.2) is 0 Å². The van der Waals surface area contributed by atoms with Crippen LogP contribution in [0.5, 0.6) is 0 Å². The SMILES string of the molecule is CCCCCCCCCCCCCCCCCNC(c1ccccc1)(c1ccccc1)C(C)c1ccccc1. The van der Waals surface area contributed by atoms with Crippen LogP contribution in [0.1, 0.15) is 133 Å². The van der Waals surface area contributed by atoms with Crippen molar-refractivity contribution in [3.05, 3.63) is 108 Å². The average molecular weight is 526 g/mol. The standard InChI is InChI=1S/C38H55N/c1-3-4-5-6-7-8-9-10-11-12-13-14-15-16-26-33-39-38(36-29-22-18-23-30-36,37-31-24-19-25-32-37)34(2)35-27-20-17-21-28-35/h17-25,27-32,34,39H,3-16,26,33H2,1-2H3. The summed E-state index contributed by atoms with van der Waals surface area (Å²) in [6.07, 6.45) is 21.0. The molecule has 0 aliphatic rings. The molecule has 0 saturated carbocycles. The van der Waals surface area contributed by atoms with E-state index in [1.807, 2.05) is 0 Å². The number of nitrogens with one attached hydrogen (secondary N) is 1. The highest BCUT2D eigenvalue weighted by Crippen LogP contribution is 2.42. The normalized spacial score (nSPS) is 12.5. The molecule has 0 spiro atoms. The molecule has 3 aromatic carbocycles. The Labute approximate surface area is 240 Å². The van der Waals surface area contributed by atoms with Crippen LogP contribution in [0.25, 0.3) is 0 Å². The predicted molar refractivity (Wildman–Crippen MR) is 171 cm³/mol. The third kappa shape index (κ3) is 10.3. The second kappa shape index (κ2) is 18.8. The van der Waals surface area contributed by atoms with Gasteiger partial charge in [-0.1, -0.05) is 195 Å². The van der Waals surface area contributed by atoms with E-state index in [1.54, 1.807) is 0 Å². The van der Waals surface area contributed by atoms with E-state index in [0.29, 0.717) is 5.92 Å². The molecule has 39 heavy (non-hydrogen) atoms. The fourth-order valence-electron chi connectivity index (χ4n) is 6.20. The van der Waals surface area contributed by atoms with E-state index in [9.17, 15) is 0 Å². The summed E-state index contributed by atoms with van der Waals surface area (Å²) in [4.78, 5) is 0. The van der Waals surface area contributed by atoms with Gasteiger partial charge in [0.25, 0.3) is 0 Å². The van der Waals surface area contributed by atoms with Crippen LogP contribution >= 0.6 is 0 Å². The van der Waals surface area contributed by atoms with Gasteiger partial charge in [0.1, 0.15) is 0 Å². The Bertz CT molecular complexity index is 926. The molecule has 0 saturated heterocycles. The van der Waals surface area contributed by atoms with Gasteiger partial charge in [0.05, 0.1) is 5.54 Å². The van der Waals surface area contributed by atoms with Gasteiger partial charge < -0.3 is 5.32 Å². The Hall–Kier alpha value is -2.38. The minimum absolute atomic E-state index is 0.264. The lowest BCUT2D eigenvalue weighted by Crippen LogP contribution is -2.48. The van der Waals surface area contributed by atoms with Gasteiger partial charge in [0, 0.05) is 5.92 Å². The Kier molecular flexibility index (Phi) is 15.0. The fraction of sp³-hybridized carbons (Fsp3) is 0.526. The minimum atomic E-state index is -0.264. The highest BCUT2D eigenvalue weighted by molar-refractivity contribution is 5.43. The molecule has 3 aromatic rings. The lowest BCUT2D eigenvalue weighted by molar-refractivity contribution is 0.337. The number of unbranched alkanes of at least 4 members (excludes halogenated alkanes) is 14. The summed E-state index contributed by atoms with van der Waals surface area (Å²) >= 11 is 0. The van der Waals surface area contributed by atoms with Crippen molar-refractivity contribution in [2.24, 2.45) is 0 Å². The van der Waals surface area contributed by atoms with Crippen LogP contribution in [0.3, 0.4) is 0 Å². The first-order valence-electron chi connectivity index (χ1n) is 16.2. The Balaban J connectivity index is 1.46. The first-order chi connectivity index (χ1) is 19.3. The number of hydrogen-bond acceptors (Lipinski definition) is 1. The summed E-state index contributed by atoms with van der Waals surface area (Å²) < 4.78 is 0. The molecule has 0 radical (unpaired) electrons. The topological polar surface area (TPSA) is 12.0 Å². The summed E-state index contributed by atoms with van der Waals surface area (Å²) in [6.45, 7) is 5.71. The maximum Gasteiger partial charge on any atom is 0.0757 e. The Morgan fingerprint density at radius 1 is 0.487 bits per heavy atom. The van der Waals surface area contributed by atoms with Crippen LogP contribution in [-0.4, -0.2) is 6.54 Å².